The molecule has 2 aromatic rings. The van der Waals surface area contributed by atoms with Crippen LogP contribution in [0.1, 0.15) is 12.5 Å². The van der Waals surface area contributed by atoms with Crippen molar-refractivity contribution in [3.63, 3.8) is 0 Å². The molecule has 7 heteroatoms. The lowest BCUT2D eigenvalue weighted by Gasteiger charge is -2.15. The molecule has 0 aliphatic heterocycles. The van der Waals surface area contributed by atoms with Crippen molar-refractivity contribution >= 4 is 5.69 Å². The zero-order valence-electron chi connectivity index (χ0n) is 12.0. The van der Waals surface area contributed by atoms with Crippen LogP contribution < -0.4 is 10.1 Å². The van der Waals surface area contributed by atoms with Crippen LogP contribution in [-0.2, 0) is 13.1 Å². The maximum absolute atomic E-state index is 10.8. The van der Waals surface area contributed by atoms with Gasteiger partial charge in [-0.2, -0.15) is 0 Å². The molecule has 1 aromatic carbocycles. The lowest BCUT2D eigenvalue weighted by molar-refractivity contribution is -0.384. The van der Waals surface area contributed by atoms with E-state index in [1.165, 1.54) is 12.1 Å². The highest BCUT2D eigenvalue weighted by atomic mass is 16.6. The third-order valence-electron chi connectivity index (χ3n) is 3.16. The summed E-state index contributed by atoms with van der Waals surface area (Å²) in [7, 11) is 1.56. The molecule has 1 unspecified atom stereocenters. The molecule has 1 N–H and O–H groups in total. The number of rotatable bonds is 7. The van der Waals surface area contributed by atoms with Gasteiger partial charge in [-0.25, -0.2) is 4.98 Å². The van der Waals surface area contributed by atoms with Crippen LogP contribution in [0.5, 0.6) is 5.75 Å². The third-order valence-corrected chi connectivity index (χ3v) is 3.16. The standard InChI is InChI=1S/C14H18N4O3/c1-11(9-17-6-5-15-10-17)16-8-12-7-13(18(19)20)3-4-14(12)21-2/h3-7,10-11,16H,8-9H2,1-2H3. The first-order valence-corrected chi connectivity index (χ1v) is 6.60. The van der Waals surface area contributed by atoms with Crippen LogP contribution in [0.25, 0.3) is 0 Å². The first-order valence-electron chi connectivity index (χ1n) is 6.60. The highest BCUT2D eigenvalue weighted by Crippen LogP contribution is 2.23. The fraction of sp³-hybridized carbons (Fsp3) is 0.357. The Morgan fingerprint density at radius 3 is 2.95 bits per heavy atom. The van der Waals surface area contributed by atoms with Crippen LogP contribution >= 0.6 is 0 Å². The molecule has 21 heavy (non-hydrogen) atoms. The molecule has 0 radical (unpaired) electrons. The summed E-state index contributed by atoms with van der Waals surface area (Å²) >= 11 is 0. The summed E-state index contributed by atoms with van der Waals surface area (Å²) in [5.41, 5.74) is 0.832. The van der Waals surface area contributed by atoms with Crippen LogP contribution in [0.4, 0.5) is 5.69 Å². The Morgan fingerprint density at radius 2 is 2.33 bits per heavy atom. The molecule has 112 valence electrons. The number of nitro groups is 1. The Morgan fingerprint density at radius 1 is 1.52 bits per heavy atom. The van der Waals surface area contributed by atoms with Gasteiger partial charge in [0, 0.05) is 49.2 Å². The molecule has 1 heterocycles. The van der Waals surface area contributed by atoms with E-state index in [9.17, 15) is 10.1 Å². The van der Waals surface area contributed by atoms with Gasteiger partial charge in [0.2, 0.25) is 0 Å². The maximum Gasteiger partial charge on any atom is 0.270 e. The monoisotopic (exact) mass is 290 g/mol. The molecule has 0 aliphatic carbocycles. The van der Waals surface area contributed by atoms with Gasteiger partial charge in [0.15, 0.2) is 0 Å². The molecular formula is C14H18N4O3. The van der Waals surface area contributed by atoms with Crippen LogP contribution in [0, 0.1) is 10.1 Å². The molecule has 0 saturated carbocycles. The van der Waals surface area contributed by atoms with Gasteiger partial charge in [-0.1, -0.05) is 0 Å². The zero-order valence-corrected chi connectivity index (χ0v) is 12.0. The number of benzene rings is 1. The van der Waals surface area contributed by atoms with E-state index < -0.39 is 4.92 Å². The SMILES string of the molecule is COc1ccc([N+](=O)[O-])cc1CNC(C)Cn1ccnc1. The second kappa shape index (κ2) is 6.85. The highest BCUT2D eigenvalue weighted by Gasteiger charge is 2.12. The second-order valence-corrected chi connectivity index (χ2v) is 4.79. The van der Waals surface area contributed by atoms with Crippen LogP contribution in [0.15, 0.2) is 36.9 Å². The second-order valence-electron chi connectivity index (χ2n) is 4.79. The number of hydrogen-bond donors (Lipinski definition) is 1. The van der Waals surface area contributed by atoms with Gasteiger partial charge in [0.1, 0.15) is 5.75 Å². The molecule has 2 rings (SSSR count). The average Bonchev–Trinajstić information content (AvgIpc) is 2.97. The summed E-state index contributed by atoms with van der Waals surface area (Å²) in [4.78, 5) is 14.4. The normalized spacial score (nSPS) is 12.1. The number of imidazole rings is 1. The molecule has 0 fully saturated rings. The minimum atomic E-state index is -0.405. The molecule has 0 bridgehead atoms. The predicted octanol–water partition coefficient (Wildman–Crippen LogP) is 1.98. The first kappa shape index (κ1) is 15.0. The van der Waals surface area contributed by atoms with E-state index in [2.05, 4.69) is 10.3 Å². The summed E-state index contributed by atoms with van der Waals surface area (Å²) < 4.78 is 7.21. The van der Waals surface area contributed by atoms with Crippen molar-refractivity contribution in [2.24, 2.45) is 0 Å². The molecule has 7 nitrogen and oxygen atoms in total. The number of non-ortho nitro benzene ring substituents is 1. The summed E-state index contributed by atoms with van der Waals surface area (Å²) in [6, 6.07) is 4.80. The van der Waals surface area contributed by atoms with E-state index in [1.54, 1.807) is 25.7 Å². The fourth-order valence-corrected chi connectivity index (χ4v) is 2.08. The number of ether oxygens (including phenoxy) is 1. The highest BCUT2D eigenvalue weighted by molar-refractivity contribution is 5.43. The van der Waals surface area contributed by atoms with Crippen molar-refractivity contribution in [1.29, 1.82) is 0 Å². The van der Waals surface area contributed by atoms with E-state index in [0.717, 1.165) is 12.1 Å². The van der Waals surface area contributed by atoms with E-state index in [-0.39, 0.29) is 11.7 Å². The number of hydrogen-bond acceptors (Lipinski definition) is 5. The van der Waals surface area contributed by atoms with E-state index >= 15 is 0 Å². The number of aromatic nitrogens is 2. The third kappa shape index (κ3) is 4.03. The van der Waals surface area contributed by atoms with Gasteiger partial charge >= 0.3 is 0 Å². The van der Waals surface area contributed by atoms with Crippen molar-refractivity contribution in [1.82, 2.24) is 14.9 Å². The summed E-state index contributed by atoms with van der Waals surface area (Å²) in [5, 5.41) is 14.2. The molecular weight excluding hydrogens is 272 g/mol. The van der Waals surface area contributed by atoms with Gasteiger partial charge in [-0.3, -0.25) is 10.1 Å². The van der Waals surface area contributed by atoms with Gasteiger partial charge in [0.25, 0.3) is 5.69 Å². The van der Waals surface area contributed by atoms with Crippen LogP contribution in [0.2, 0.25) is 0 Å². The van der Waals surface area contributed by atoms with Gasteiger partial charge in [-0.15, -0.1) is 0 Å². The van der Waals surface area contributed by atoms with Crippen molar-refractivity contribution in [2.75, 3.05) is 7.11 Å². The molecule has 1 atom stereocenters. The lowest BCUT2D eigenvalue weighted by atomic mass is 10.1. The molecule has 0 saturated heterocycles. The Bertz CT molecular complexity index is 598. The van der Waals surface area contributed by atoms with Crippen molar-refractivity contribution in [3.8, 4) is 5.75 Å². The van der Waals surface area contributed by atoms with Crippen molar-refractivity contribution in [2.45, 2.75) is 26.1 Å². The average molecular weight is 290 g/mol. The summed E-state index contributed by atoms with van der Waals surface area (Å²) in [6.07, 6.45) is 5.38. The molecule has 0 aliphatic rings. The first-order chi connectivity index (χ1) is 10.1. The Hall–Kier alpha value is -2.41. The summed E-state index contributed by atoms with van der Waals surface area (Å²) in [5.74, 6) is 0.642. The smallest absolute Gasteiger partial charge is 0.270 e. The van der Waals surface area contributed by atoms with E-state index in [4.69, 9.17) is 4.74 Å². The fourth-order valence-electron chi connectivity index (χ4n) is 2.08. The Balaban J connectivity index is 2.01. The summed E-state index contributed by atoms with van der Waals surface area (Å²) in [6.45, 7) is 3.32. The number of methoxy groups -OCH3 is 1. The number of nitrogens with one attached hydrogen (secondary N) is 1. The lowest BCUT2D eigenvalue weighted by Crippen LogP contribution is -2.29. The number of nitrogens with zero attached hydrogens (tertiary/aromatic N) is 3. The molecule has 1 aromatic heterocycles. The Kier molecular flexibility index (Phi) is 4.89. The quantitative estimate of drug-likeness (QED) is 0.623. The van der Waals surface area contributed by atoms with Gasteiger partial charge < -0.3 is 14.6 Å². The largest absolute Gasteiger partial charge is 0.496 e. The number of nitro benzene ring substituents is 1. The van der Waals surface area contributed by atoms with Crippen molar-refractivity contribution < 1.29 is 9.66 Å². The van der Waals surface area contributed by atoms with E-state index in [1.807, 2.05) is 17.7 Å². The zero-order chi connectivity index (χ0) is 15.2. The minimum absolute atomic E-state index is 0.0647. The molecule has 0 spiro atoms. The van der Waals surface area contributed by atoms with E-state index in [0.29, 0.717) is 12.3 Å². The van der Waals surface area contributed by atoms with Crippen LogP contribution in [-0.4, -0.2) is 27.6 Å². The van der Waals surface area contributed by atoms with Crippen molar-refractivity contribution in [3.05, 3.63) is 52.6 Å². The Labute approximate surface area is 122 Å². The van der Waals surface area contributed by atoms with Gasteiger partial charge in [-0.05, 0) is 13.0 Å². The topological polar surface area (TPSA) is 82.2 Å². The maximum atomic E-state index is 10.8. The minimum Gasteiger partial charge on any atom is -0.496 e. The molecule has 0 amide bonds. The predicted molar refractivity (Wildman–Crippen MR) is 78.2 cm³/mol. The van der Waals surface area contributed by atoms with Gasteiger partial charge in [0.05, 0.1) is 18.4 Å². The van der Waals surface area contributed by atoms with Crippen LogP contribution in [0.3, 0.4) is 0 Å².